The zero-order valence-corrected chi connectivity index (χ0v) is 11.3. The molecule has 0 atom stereocenters. The number of carbonyl (C=O) groups is 1. The van der Waals surface area contributed by atoms with E-state index in [0.29, 0.717) is 26.0 Å². The lowest BCUT2D eigenvalue weighted by Gasteiger charge is -1.99. The second-order valence-electron chi connectivity index (χ2n) is 3.18. The van der Waals surface area contributed by atoms with Crippen LogP contribution in [0.2, 0.25) is 10.0 Å². The van der Waals surface area contributed by atoms with Crippen LogP contribution < -0.4 is 0 Å². The minimum absolute atomic E-state index is 0.0777. The van der Waals surface area contributed by atoms with E-state index in [4.69, 9.17) is 28.3 Å². The van der Waals surface area contributed by atoms with Crippen LogP contribution in [-0.2, 0) is 0 Å². The zero-order valence-electron chi connectivity index (χ0n) is 8.17. The predicted octanol–water partition coefficient (Wildman–Crippen LogP) is 3.84. The van der Waals surface area contributed by atoms with E-state index in [1.165, 1.54) is 0 Å². The van der Waals surface area contributed by atoms with Crippen molar-refractivity contribution in [2.45, 2.75) is 0 Å². The first-order valence-electron chi connectivity index (χ1n) is 4.43. The van der Waals surface area contributed by atoms with Crippen molar-refractivity contribution in [3.63, 3.8) is 0 Å². The highest BCUT2D eigenvalue weighted by Crippen LogP contribution is 2.28. The summed E-state index contributed by atoms with van der Waals surface area (Å²) >= 11 is 14.8. The summed E-state index contributed by atoms with van der Waals surface area (Å²) in [6.07, 6.45) is 0. The number of nitrogens with zero attached hydrogens (tertiary/aromatic N) is 1. The molecule has 0 fully saturated rings. The first kappa shape index (κ1) is 12.4. The number of hydrogen-bond donors (Lipinski definition) is 2. The SMILES string of the molecule is O=C(O)c1nc(-c2ccc(Cl)c(Cl)c2)[nH]c1Br. The second-order valence-corrected chi connectivity index (χ2v) is 4.79. The number of aromatic amines is 1. The van der Waals surface area contributed by atoms with Gasteiger partial charge in [0.1, 0.15) is 10.4 Å². The molecule has 2 aromatic rings. The van der Waals surface area contributed by atoms with Crippen molar-refractivity contribution in [3.8, 4) is 11.4 Å². The average molecular weight is 336 g/mol. The molecule has 0 aliphatic carbocycles. The van der Waals surface area contributed by atoms with Crippen LogP contribution >= 0.6 is 39.1 Å². The van der Waals surface area contributed by atoms with Crippen LogP contribution in [0.1, 0.15) is 10.5 Å². The monoisotopic (exact) mass is 334 g/mol. The molecule has 0 aliphatic rings. The highest BCUT2D eigenvalue weighted by Gasteiger charge is 2.15. The smallest absolute Gasteiger partial charge is 0.357 e. The molecule has 2 rings (SSSR count). The van der Waals surface area contributed by atoms with Gasteiger partial charge in [-0.1, -0.05) is 23.2 Å². The summed E-state index contributed by atoms with van der Waals surface area (Å²) in [5, 5.41) is 9.68. The van der Waals surface area contributed by atoms with E-state index in [1.807, 2.05) is 0 Å². The van der Waals surface area contributed by atoms with Gasteiger partial charge >= 0.3 is 5.97 Å². The van der Waals surface area contributed by atoms with Gasteiger partial charge in [-0.15, -0.1) is 0 Å². The Morgan fingerprint density at radius 1 is 1.35 bits per heavy atom. The van der Waals surface area contributed by atoms with Gasteiger partial charge in [0, 0.05) is 5.56 Å². The van der Waals surface area contributed by atoms with Gasteiger partial charge in [0.05, 0.1) is 10.0 Å². The Bertz CT molecular complexity index is 598. The normalized spacial score (nSPS) is 10.5. The number of imidazole rings is 1. The van der Waals surface area contributed by atoms with Crippen LogP contribution in [0.3, 0.4) is 0 Å². The number of carboxylic acids is 1. The van der Waals surface area contributed by atoms with Gasteiger partial charge in [-0.2, -0.15) is 0 Å². The molecule has 0 aliphatic heterocycles. The molecule has 0 saturated heterocycles. The number of aromatic nitrogens is 2. The average Bonchev–Trinajstić information content (AvgIpc) is 2.64. The molecule has 4 nitrogen and oxygen atoms in total. The minimum Gasteiger partial charge on any atom is -0.476 e. The molecule has 0 unspecified atom stereocenters. The van der Waals surface area contributed by atoms with E-state index >= 15 is 0 Å². The minimum atomic E-state index is -1.11. The van der Waals surface area contributed by atoms with Gasteiger partial charge in [0.25, 0.3) is 0 Å². The molecule has 0 saturated carbocycles. The first-order chi connectivity index (χ1) is 7.99. The van der Waals surface area contributed by atoms with E-state index in [2.05, 4.69) is 25.9 Å². The standard InChI is InChI=1S/C10H5BrCl2N2O2/c11-8-7(10(16)17)14-9(15-8)4-1-2-5(12)6(13)3-4/h1-3H,(H,14,15)(H,16,17). The highest BCUT2D eigenvalue weighted by atomic mass is 79.9. The molecule has 1 heterocycles. The summed E-state index contributed by atoms with van der Waals surface area (Å²) in [6.45, 7) is 0. The van der Waals surface area contributed by atoms with Gasteiger partial charge in [0.2, 0.25) is 0 Å². The zero-order chi connectivity index (χ0) is 12.6. The molecule has 7 heteroatoms. The van der Waals surface area contributed by atoms with E-state index in [0.717, 1.165) is 0 Å². The fraction of sp³-hybridized carbons (Fsp3) is 0. The Labute approximate surface area is 115 Å². The maximum atomic E-state index is 10.8. The first-order valence-corrected chi connectivity index (χ1v) is 5.98. The molecule has 1 aromatic heterocycles. The van der Waals surface area contributed by atoms with Crippen LogP contribution in [-0.4, -0.2) is 21.0 Å². The van der Waals surface area contributed by atoms with Gasteiger partial charge in [-0.05, 0) is 34.1 Å². The quantitative estimate of drug-likeness (QED) is 0.876. The number of rotatable bonds is 2. The van der Waals surface area contributed by atoms with Crippen molar-refractivity contribution in [1.29, 1.82) is 0 Å². The van der Waals surface area contributed by atoms with Gasteiger partial charge < -0.3 is 10.1 Å². The lowest BCUT2D eigenvalue weighted by atomic mass is 10.2. The third kappa shape index (κ3) is 2.46. The van der Waals surface area contributed by atoms with Crippen molar-refractivity contribution in [3.05, 3.63) is 38.5 Å². The number of benzene rings is 1. The fourth-order valence-electron chi connectivity index (χ4n) is 1.27. The second kappa shape index (κ2) is 4.68. The third-order valence-corrected chi connectivity index (χ3v) is 3.37. The summed E-state index contributed by atoms with van der Waals surface area (Å²) in [4.78, 5) is 17.6. The van der Waals surface area contributed by atoms with Gasteiger partial charge in [-0.3, -0.25) is 0 Å². The van der Waals surface area contributed by atoms with E-state index in [-0.39, 0.29) is 5.69 Å². The Morgan fingerprint density at radius 2 is 2.06 bits per heavy atom. The number of halogens is 3. The Morgan fingerprint density at radius 3 is 2.59 bits per heavy atom. The van der Waals surface area contributed by atoms with Gasteiger partial charge in [0.15, 0.2) is 5.69 Å². The predicted molar refractivity (Wildman–Crippen MR) is 68.7 cm³/mol. The Kier molecular flexibility index (Phi) is 3.42. The molecule has 0 radical (unpaired) electrons. The van der Waals surface area contributed by atoms with E-state index in [1.54, 1.807) is 18.2 Å². The molecule has 17 heavy (non-hydrogen) atoms. The lowest BCUT2D eigenvalue weighted by Crippen LogP contribution is -1.97. The number of H-pyrrole nitrogens is 1. The molecule has 88 valence electrons. The highest BCUT2D eigenvalue weighted by molar-refractivity contribution is 9.10. The Hall–Kier alpha value is -1.04. The van der Waals surface area contributed by atoms with Crippen LogP contribution in [0.15, 0.2) is 22.8 Å². The molecule has 0 amide bonds. The number of carboxylic acid groups (broad SMARTS) is 1. The largest absolute Gasteiger partial charge is 0.476 e. The summed E-state index contributed by atoms with van der Waals surface area (Å²) in [5.41, 5.74) is 0.582. The molecule has 1 aromatic carbocycles. The topological polar surface area (TPSA) is 66.0 Å². The van der Waals surface area contributed by atoms with E-state index in [9.17, 15) is 4.79 Å². The van der Waals surface area contributed by atoms with Crippen LogP contribution in [0.4, 0.5) is 0 Å². The number of hydrogen-bond acceptors (Lipinski definition) is 2. The summed E-state index contributed by atoms with van der Waals surface area (Å²) in [7, 11) is 0. The van der Waals surface area contributed by atoms with Gasteiger partial charge in [-0.25, -0.2) is 9.78 Å². The van der Waals surface area contributed by atoms with Crippen molar-refractivity contribution >= 4 is 45.1 Å². The maximum absolute atomic E-state index is 10.8. The summed E-state index contributed by atoms with van der Waals surface area (Å²) in [6, 6.07) is 4.93. The lowest BCUT2D eigenvalue weighted by molar-refractivity contribution is 0.0690. The van der Waals surface area contributed by atoms with Crippen LogP contribution in [0.5, 0.6) is 0 Å². The van der Waals surface area contributed by atoms with Crippen LogP contribution in [0.25, 0.3) is 11.4 Å². The van der Waals surface area contributed by atoms with Crippen LogP contribution in [0, 0.1) is 0 Å². The van der Waals surface area contributed by atoms with E-state index < -0.39 is 5.97 Å². The summed E-state index contributed by atoms with van der Waals surface area (Å²) < 4.78 is 0.311. The third-order valence-electron chi connectivity index (χ3n) is 2.06. The molecule has 2 N–H and O–H groups in total. The molecular formula is C10H5BrCl2N2O2. The summed E-state index contributed by atoms with van der Waals surface area (Å²) in [5.74, 6) is -0.702. The fourth-order valence-corrected chi connectivity index (χ4v) is 2.02. The number of nitrogens with one attached hydrogen (secondary N) is 1. The molecule has 0 bridgehead atoms. The molecular weight excluding hydrogens is 331 g/mol. The van der Waals surface area contributed by atoms with Crippen molar-refractivity contribution in [1.82, 2.24) is 9.97 Å². The van der Waals surface area contributed by atoms with Crippen molar-refractivity contribution in [2.24, 2.45) is 0 Å². The number of aromatic carboxylic acids is 1. The van der Waals surface area contributed by atoms with Crippen molar-refractivity contribution < 1.29 is 9.90 Å². The maximum Gasteiger partial charge on any atom is 0.357 e. The van der Waals surface area contributed by atoms with Crippen molar-refractivity contribution in [2.75, 3.05) is 0 Å². The molecule has 0 spiro atoms. The Balaban J connectivity index is 2.50.